The largest absolute Gasteiger partial charge is 0.506 e. The van der Waals surface area contributed by atoms with Gasteiger partial charge >= 0.3 is 0 Å². The summed E-state index contributed by atoms with van der Waals surface area (Å²) in [5, 5.41) is 13.8. The van der Waals surface area contributed by atoms with Crippen LogP contribution >= 0.6 is 63.7 Å². The molecule has 0 aliphatic heterocycles. The van der Waals surface area contributed by atoms with E-state index in [0.29, 0.717) is 20.1 Å². The molecule has 22 heavy (non-hydrogen) atoms. The fourth-order valence-electron chi connectivity index (χ4n) is 1.58. The number of aromatic hydroxyl groups is 1. The molecule has 4 nitrogen and oxygen atoms in total. The third-order valence-electron chi connectivity index (χ3n) is 2.62. The van der Waals surface area contributed by atoms with Crippen LogP contribution in [-0.4, -0.2) is 17.2 Å². The van der Waals surface area contributed by atoms with Crippen LogP contribution in [0.1, 0.15) is 15.9 Å². The molecule has 0 bridgehead atoms. The van der Waals surface area contributed by atoms with Gasteiger partial charge in [-0.2, -0.15) is 5.10 Å². The molecular formula is C14H8Br4N2O2. The third-order valence-corrected chi connectivity index (χ3v) is 5.73. The van der Waals surface area contributed by atoms with E-state index in [1.54, 1.807) is 24.3 Å². The summed E-state index contributed by atoms with van der Waals surface area (Å²) in [7, 11) is 0. The predicted octanol–water partition coefficient (Wildman–Crippen LogP) is 5.21. The van der Waals surface area contributed by atoms with Gasteiger partial charge in [-0.1, -0.05) is 22.0 Å². The number of carbonyl (C=O) groups excluding carboxylic acids is 1. The molecule has 0 aliphatic carbocycles. The molecule has 0 unspecified atom stereocenters. The summed E-state index contributed by atoms with van der Waals surface area (Å²) in [4.78, 5) is 12.1. The Labute approximate surface area is 160 Å². The van der Waals surface area contributed by atoms with E-state index >= 15 is 0 Å². The number of benzene rings is 2. The van der Waals surface area contributed by atoms with Crippen LogP contribution in [0.25, 0.3) is 0 Å². The Morgan fingerprint density at radius 3 is 2.59 bits per heavy atom. The summed E-state index contributed by atoms with van der Waals surface area (Å²) >= 11 is 13.2. The molecule has 0 spiro atoms. The second kappa shape index (κ2) is 7.72. The van der Waals surface area contributed by atoms with Crippen molar-refractivity contribution in [2.75, 3.05) is 0 Å². The molecular weight excluding hydrogens is 548 g/mol. The van der Waals surface area contributed by atoms with Crippen molar-refractivity contribution in [2.24, 2.45) is 5.10 Å². The zero-order valence-corrected chi connectivity index (χ0v) is 17.1. The number of hydrogen-bond donors (Lipinski definition) is 2. The van der Waals surface area contributed by atoms with Crippen molar-refractivity contribution >= 4 is 75.8 Å². The Bertz CT molecular complexity index is 763. The maximum atomic E-state index is 12.1. The van der Waals surface area contributed by atoms with Crippen LogP contribution in [0.2, 0.25) is 0 Å². The second-order valence-corrected chi connectivity index (χ2v) is 7.54. The van der Waals surface area contributed by atoms with Crippen molar-refractivity contribution in [3.8, 4) is 5.75 Å². The van der Waals surface area contributed by atoms with Crippen molar-refractivity contribution in [2.45, 2.75) is 0 Å². The summed E-state index contributed by atoms with van der Waals surface area (Å²) in [6.45, 7) is 0. The van der Waals surface area contributed by atoms with E-state index in [-0.39, 0.29) is 11.7 Å². The van der Waals surface area contributed by atoms with Gasteiger partial charge in [0, 0.05) is 19.0 Å². The van der Waals surface area contributed by atoms with E-state index in [2.05, 4.69) is 74.2 Å². The minimum atomic E-state index is -0.363. The van der Waals surface area contributed by atoms with Crippen LogP contribution in [0, 0.1) is 0 Å². The average Bonchev–Trinajstić information content (AvgIpc) is 2.46. The van der Waals surface area contributed by atoms with Gasteiger partial charge in [-0.3, -0.25) is 4.79 Å². The van der Waals surface area contributed by atoms with Gasteiger partial charge in [0.2, 0.25) is 0 Å². The monoisotopic (exact) mass is 552 g/mol. The van der Waals surface area contributed by atoms with Crippen LogP contribution in [0.15, 0.2) is 53.3 Å². The first-order valence-corrected chi connectivity index (χ1v) is 9.02. The number of halogens is 4. The molecule has 0 atom stereocenters. The van der Waals surface area contributed by atoms with Gasteiger partial charge in [-0.15, -0.1) is 0 Å². The van der Waals surface area contributed by atoms with E-state index in [0.717, 1.165) is 8.95 Å². The lowest BCUT2D eigenvalue weighted by Crippen LogP contribution is -2.18. The van der Waals surface area contributed by atoms with Crippen LogP contribution in [0.3, 0.4) is 0 Å². The fraction of sp³-hybridized carbons (Fsp3) is 0. The highest BCUT2D eigenvalue weighted by atomic mass is 79.9. The van der Waals surface area contributed by atoms with Gasteiger partial charge < -0.3 is 5.11 Å². The van der Waals surface area contributed by atoms with Gasteiger partial charge in [-0.25, -0.2) is 5.43 Å². The maximum absolute atomic E-state index is 12.1. The molecule has 2 aromatic rings. The highest BCUT2D eigenvalue weighted by Gasteiger charge is 2.11. The number of phenols is 1. The molecule has 0 aliphatic rings. The van der Waals surface area contributed by atoms with Gasteiger partial charge in [-0.05, 0) is 72.1 Å². The minimum Gasteiger partial charge on any atom is -0.506 e. The van der Waals surface area contributed by atoms with Gasteiger partial charge in [0.1, 0.15) is 5.75 Å². The van der Waals surface area contributed by atoms with Crippen molar-refractivity contribution in [3.63, 3.8) is 0 Å². The number of phenolic OH excluding ortho intramolecular Hbond substituents is 1. The molecule has 0 heterocycles. The summed E-state index contributed by atoms with van der Waals surface area (Å²) in [5.74, 6) is -0.317. The third kappa shape index (κ3) is 4.18. The average molecular weight is 556 g/mol. The van der Waals surface area contributed by atoms with E-state index in [9.17, 15) is 9.90 Å². The molecule has 0 saturated heterocycles. The molecule has 0 radical (unpaired) electrons. The molecule has 2 N–H and O–H groups in total. The number of nitrogens with zero attached hydrogens (tertiary/aromatic N) is 1. The van der Waals surface area contributed by atoms with Crippen LogP contribution < -0.4 is 5.43 Å². The fourth-order valence-corrected chi connectivity index (χ4v) is 3.65. The Hall–Kier alpha value is -0.700. The molecule has 1 amide bonds. The molecule has 114 valence electrons. The normalized spacial score (nSPS) is 10.9. The standard InChI is InChI=1S/C14H8Br4N2O2/c15-8-4-7(13(21)11(17)5-8)6-19-20-14(22)9-2-1-3-10(16)12(9)18/h1-6,21H,(H,20,22)/b19-6-. The van der Waals surface area contributed by atoms with Crippen LogP contribution in [0.4, 0.5) is 0 Å². The Morgan fingerprint density at radius 2 is 1.86 bits per heavy atom. The first-order chi connectivity index (χ1) is 10.4. The number of hydrazone groups is 1. The molecule has 8 heteroatoms. The van der Waals surface area contributed by atoms with Gasteiger partial charge in [0.15, 0.2) is 0 Å². The Morgan fingerprint density at radius 1 is 1.14 bits per heavy atom. The maximum Gasteiger partial charge on any atom is 0.272 e. The minimum absolute atomic E-state index is 0.0461. The van der Waals surface area contributed by atoms with E-state index in [1.807, 2.05) is 6.07 Å². The Kier molecular flexibility index (Phi) is 6.19. The zero-order valence-electron chi connectivity index (χ0n) is 10.8. The first-order valence-electron chi connectivity index (χ1n) is 5.85. The summed E-state index contributed by atoms with van der Waals surface area (Å²) < 4.78 is 2.73. The molecule has 2 rings (SSSR count). The summed E-state index contributed by atoms with van der Waals surface area (Å²) in [6.07, 6.45) is 1.37. The van der Waals surface area contributed by atoms with E-state index in [1.165, 1.54) is 6.21 Å². The van der Waals surface area contributed by atoms with Crippen molar-refractivity contribution in [1.29, 1.82) is 0 Å². The highest BCUT2D eigenvalue weighted by Crippen LogP contribution is 2.30. The second-order valence-electron chi connectivity index (χ2n) is 4.13. The highest BCUT2D eigenvalue weighted by molar-refractivity contribution is 9.13. The number of carbonyl (C=O) groups is 1. The topological polar surface area (TPSA) is 61.7 Å². The van der Waals surface area contributed by atoms with Crippen molar-refractivity contribution < 1.29 is 9.90 Å². The lowest BCUT2D eigenvalue weighted by Gasteiger charge is -2.05. The number of rotatable bonds is 3. The smallest absolute Gasteiger partial charge is 0.272 e. The van der Waals surface area contributed by atoms with Crippen LogP contribution in [0.5, 0.6) is 5.75 Å². The van der Waals surface area contributed by atoms with Crippen LogP contribution in [-0.2, 0) is 0 Å². The van der Waals surface area contributed by atoms with Crippen molar-refractivity contribution in [3.05, 3.63) is 59.3 Å². The Balaban J connectivity index is 2.16. The van der Waals surface area contributed by atoms with Gasteiger partial charge in [0.25, 0.3) is 5.91 Å². The first kappa shape index (κ1) is 17.7. The quantitative estimate of drug-likeness (QED) is 0.404. The molecule has 0 aromatic heterocycles. The number of nitrogens with one attached hydrogen (secondary N) is 1. The number of hydrogen-bond acceptors (Lipinski definition) is 3. The van der Waals surface area contributed by atoms with Crippen molar-refractivity contribution in [1.82, 2.24) is 5.43 Å². The van der Waals surface area contributed by atoms with E-state index in [4.69, 9.17) is 0 Å². The SMILES string of the molecule is O=C(N/N=C\c1cc(Br)cc(Br)c1O)c1cccc(Br)c1Br. The van der Waals surface area contributed by atoms with Gasteiger partial charge in [0.05, 0.1) is 16.3 Å². The number of amides is 1. The lowest BCUT2D eigenvalue weighted by molar-refractivity contribution is 0.0954. The zero-order chi connectivity index (χ0) is 16.3. The molecule has 2 aromatic carbocycles. The molecule has 0 saturated carbocycles. The lowest BCUT2D eigenvalue weighted by atomic mass is 10.2. The van der Waals surface area contributed by atoms with E-state index < -0.39 is 0 Å². The predicted molar refractivity (Wildman–Crippen MR) is 100 cm³/mol. The summed E-state index contributed by atoms with van der Waals surface area (Å²) in [6, 6.07) is 8.65. The summed E-state index contributed by atoms with van der Waals surface area (Å²) in [5.41, 5.74) is 3.34. The molecule has 0 fully saturated rings.